The summed E-state index contributed by atoms with van der Waals surface area (Å²) in [5.41, 5.74) is 6.80. The summed E-state index contributed by atoms with van der Waals surface area (Å²) in [6.45, 7) is 9.01. The van der Waals surface area contributed by atoms with Crippen molar-refractivity contribution < 1.29 is 4.74 Å². The Morgan fingerprint density at radius 3 is 2.30 bits per heavy atom. The van der Waals surface area contributed by atoms with E-state index in [4.69, 9.17) is 10.5 Å². The average molecular weight is 139 g/mol. The van der Waals surface area contributed by atoms with E-state index in [1.807, 2.05) is 6.92 Å². The maximum atomic E-state index is 5.38. The van der Waals surface area contributed by atoms with E-state index in [0.29, 0.717) is 11.5 Å². The monoisotopic (exact) mass is 139 g/mol. The normalized spacial score (nSPS) is 10.8. The Bertz CT molecular complexity index is 180. The lowest BCUT2D eigenvalue weighted by Gasteiger charge is -2.00. The number of methoxy groups -OCH3 is 1. The van der Waals surface area contributed by atoms with Crippen LogP contribution < -0.4 is 5.73 Å². The molecule has 0 unspecified atom stereocenters. The molecule has 0 heterocycles. The van der Waals surface area contributed by atoms with Gasteiger partial charge < -0.3 is 10.5 Å². The van der Waals surface area contributed by atoms with Crippen molar-refractivity contribution in [3.63, 3.8) is 0 Å². The van der Waals surface area contributed by atoms with Crippen molar-refractivity contribution in [1.29, 1.82) is 0 Å². The van der Waals surface area contributed by atoms with Crippen LogP contribution in [-0.2, 0) is 4.74 Å². The van der Waals surface area contributed by atoms with Gasteiger partial charge in [-0.3, -0.25) is 0 Å². The Morgan fingerprint density at radius 2 is 2.00 bits per heavy atom. The summed E-state index contributed by atoms with van der Waals surface area (Å²) >= 11 is 0. The van der Waals surface area contributed by atoms with Crippen molar-refractivity contribution in [2.75, 3.05) is 7.11 Å². The van der Waals surface area contributed by atoms with Gasteiger partial charge in [0.1, 0.15) is 5.76 Å². The van der Waals surface area contributed by atoms with Crippen LogP contribution in [0.2, 0.25) is 0 Å². The van der Waals surface area contributed by atoms with Crippen LogP contribution >= 0.6 is 0 Å². The molecule has 0 aromatic carbocycles. The van der Waals surface area contributed by atoms with Gasteiger partial charge in [-0.1, -0.05) is 13.2 Å². The molecule has 0 aromatic rings. The standard InChI is InChI=1S/C8H13NO/c1-6(8(3)9)5-7(2)10-4/h5H,2-3,9H2,1,4H3/b6-5-. The molecule has 10 heavy (non-hydrogen) atoms. The summed E-state index contributed by atoms with van der Waals surface area (Å²) in [6, 6.07) is 0. The van der Waals surface area contributed by atoms with Crippen LogP contribution in [0.15, 0.2) is 36.3 Å². The summed E-state index contributed by atoms with van der Waals surface area (Å²) in [7, 11) is 1.56. The molecule has 0 fully saturated rings. The molecule has 2 nitrogen and oxygen atoms in total. The van der Waals surface area contributed by atoms with Crippen molar-refractivity contribution >= 4 is 0 Å². The molecule has 0 aliphatic carbocycles. The molecule has 2 heteroatoms. The average Bonchev–Trinajstić information content (AvgIpc) is 1.87. The Labute approximate surface area is 61.7 Å². The zero-order chi connectivity index (χ0) is 8.15. The predicted octanol–water partition coefficient (Wildman–Crippen LogP) is 1.57. The summed E-state index contributed by atoms with van der Waals surface area (Å²) < 4.78 is 4.80. The third-order valence-corrected chi connectivity index (χ3v) is 1.15. The predicted molar refractivity (Wildman–Crippen MR) is 43.2 cm³/mol. The van der Waals surface area contributed by atoms with E-state index in [0.717, 1.165) is 5.57 Å². The van der Waals surface area contributed by atoms with Crippen LogP contribution in [0, 0.1) is 0 Å². The smallest absolute Gasteiger partial charge is 0.112 e. The van der Waals surface area contributed by atoms with Gasteiger partial charge in [-0.2, -0.15) is 0 Å². The highest BCUT2D eigenvalue weighted by molar-refractivity contribution is 5.28. The summed E-state index contributed by atoms with van der Waals surface area (Å²) in [5.74, 6) is 0.587. The van der Waals surface area contributed by atoms with Crippen molar-refractivity contribution in [2.24, 2.45) is 5.73 Å². The van der Waals surface area contributed by atoms with E-state index in [1.165, 1.54) is 0 Å². The first kappa shape index (κ1) is 8.82. The lowest BCUT2D eigenvalue weighted by Crippen LogP contribution is -1.96. The fourth-order valence-electron chi connectivity index (χ4n) is 0.393. The van der Waals surface area contributed by atoms with Gasteiger partial charge in [0.15, 0.2) is 0 Å². The first-order valence-corrected chi connectivity index (χ1v) is 2.94. The highest BCUT2D eigenvalue weighted by Crippen LogP contribution is 2.04. The molecule has 0 saturated carbocycles. The van der Waals surface area contributed by atoms with Crippen molar-refractivity contribution in [2.45, 2.75) is 6.92 Å². The number of allylic oxidation sites excluding steroid dienone is 2. The minimum atomic E-state index is 0.540. The van der Waals surface area contributed by atoms with Crippen molar-refractivity contribution in [1.82, 2.24) is 0 Å². The van der Waals surface area contributed by atoms with Gasteiger partial charge in [0, 0.05) is 5.70 Å². The van der Waals surface area contributed by atoms with E-state index in [9.17, 15) is 0 Å². The second-order valence-corrected chi connectivity index (χ2v) is 2.02. The van der Waals surface area contributed by atoms with Gasteiger partial charge in [-0.05, 0) is 18.6 Å². The second kappa shape index (κ2) is 3.77. The molecule has 0 amide bonds. The van der Waals surface area contributed by atoms with Crippen molar-refractivity contribution in [3.8, 4) is 0 Å². The fourth-order valence-corrected chi connectivity index (χ4v) is 0.393. The van der Waals surface area contributed by atoms with Crippen LogP contribution in [-0.4, -0.2) is 7.11 Å². The van der Waals surface area contributed by atoms with Gasteiger partial charge in [0.25, 0.3) is 0 Å². The molecule has 0 spiro atoms. The molecule has 2 N–H and O–H groups in total. The molecule has 56 valence electrons. The third-order valence-electron chi connectivity index (χ3n) is 1.15. The quantitative estimate of drug-likeness (QED) is 0.475. The van der Waals surface area contributed by atoms with Gasteiger partial charge in [0.2, 0.25) is 0 Å². The minimum absolute atomic E-state index is 0.540. The van der Waals surface area contributed by atoms with E-state index < -0.39 is 0 Å². The summed E-state index contributed by atoms with van der Waals surface area (Å²) in [6.07, 6.45) is 1.74. The molecule has 0 aliphatic heterocycles. The first-order chi connectivity index (χ1) is 4.57. The number of ether oxygens (including phenoxy) is 1. The number of nitrogens with two attached hydrogens (primary N) is 1. The highest BCUT2D eigenvalue weighted by atomic mass is 16.5. The first-order valence-electron chi connectivity index (χ1n) is 2.94. The molecule has 0 rings (SSSR count). The molecule has 0 bridgehead atoms. The topological polar surface area (TPSA) is 35.2 Å². The maximum absolute atomic E-state index is 5.38. The SMILES string of the molecule is C=C(/C=C(/C)C(=C)N)OC. The molecule has 0 aromatic heterocycles. The molecule has 0 saturated heterocycles. The molecular formula is C8H13NO. The van der Waals surface area contributed by atoms with Gasteiger partial charge in [-0.25, -0.2) is 0 Å². The van der Waals surface area contributed by atoms with Crippen LogP contribution in [0.25, 0.3) is 0 Å². The summed E-state index contributed by atoms with van der Waals surface area (Å²) in [4.78, 5) is 0. The largest absolute Gasteiger partial charge is 0.497 e. The number of hydrogen-bond acceptors (Lipinski definition) is 2. The second-order valence-electron chi connectivity index (χ2n) is 2.02. The molecule has 0 aliphatic rings. The molecule has 0 radical (unpaired) electrons. The number of rotatable bonds is 3. The Kier molecular flexibility index (Phi) is 3.33. The Balaban J connectivity index is 4.16. The van der Waals surface area contributed by atoms with Crippen LogP contribution in [0.4, 0.5) is 0 Å². The number of hydrogen-bond donors (Lipinski definition) is 1. The Hall–Kier alpha value is -1.18. The lowest BCUT2D eigenvalue weighted by atomic mass is 10.2. The van der Waals surface area contributed by atoms with E-state index >= 15 is 0 Å². The zero-order valence-electron chi connectivity index (χ0n) is 6.48. The van der Waals surface area contributed by atoms with Crippen LogP contribution in [0.3, 0.4) is 0 Å². The third kappa shape index (κ3) is 2.97. The summed E-state index contributed by atoms with van der Waals surface area (Å²) in [5, 5.41) is 0. The fraction of sp³-hybridized carbons (Fsp3) is 0.250. The van der Waals surface area contributed by atoms with Crippen LogP contribution in [0.5, 0.6) is 0 Å². The van der Waals surface area contributed by atoms with Gasteiger partial charge in [0.05, 0.1) is 7.11 Å². The van der Waals surface area contributed by atoms with Gasteiger partial charge >= 0.3 is 0 Å². The molecule has 0 atom stereocenters. The van der Waals surface area contributed by atoms with E-state index in [2.05, 4.69) is 13.2 Å². The van der Waals surface area contributed by atoms with Crippen molar-refractivity contribution in [3.05, 3.63) is 36.3 Å². The zero-order valence-corrected chi connectivity index (χ0v) is 6.48. The Morgan fingerprint density at radius 1 is 1.50 bits per heavy atom. The van der Waals surface area contributed by atoms with Crippen LogP contribution in [0.1, 0.15) is 6.92 Å². The van der Waals surface area contributed by atoms with E-state index in [1.54, 1.807) is 13.2 Å². The van der Waals surface area contributed by atoms with E-state index in [-0.39, 0.29) is 0 Å². The maximum Gasteiger partial charge on any atom is 0.112 e. The lowest BCUT2D eigenvalue weighted by molar-refractivity contribution is 0.308. The molecular weight excluding hydrogens is 126 g/mol. The highest BCUT2D eigenvalue weighted by Gasteiger charge is 1.90. The minimum Gasteiger partial charge on any atom is -0.497 e. The van der Waals surface area contributed by atoms with Gasteiger partial charge in [-0.15, -0.1) is 0 Å².